The van der Waals surface area contributed by atoms with E-state index in [9.17, 15) is 4.79 Å². The summed E-state index contributed by atoms with van der Waals surface area (Å²) in [5.41, 5.74) is 1.25. The number of carbonyl (C=O) groups is 1. The lowest BCUT2D eigenvalue weighted by Crippen LogP contribution is -2.20. The van der Waals surface area contributed by atoms with Crippen LogP contribution in [0.1, 0.15) is 22.2 Å². The van der Waals surface area contributed by atoms with Gasteiger partial charge in [-0.05, 0) is 30.4 Å². The number of hydrogen-bond donors (Lipinski definition) is 0. The van der Waals surface area contributed by atoms with Crippen LogP contribution in [0.4, 0.5) is 0 Å². The molecule has 0 unspecified atom stereocenters. The fourth-order valence-electron chi connectivity index (χ4n) is 1.35. The third-order valence-corrected chi connectivity index (χ3v) is 5.02. The lowest BCUT2D eigenvalue weighted by atomic mass is 10.2. The van der Waals surface area contributed by atoms with E-state index in [1.165, 1.54) is 11.6 Å². The highest BCUT2D eigenvalue weighted by molar-refractivity contribution is 7.12. The van der Waals surface area contributed by atoms with Crippen molar-refractivity contribution in [3.63, 3.8) is 0 Å². The van der Waals surface area contributed by atoms with E-state index in [4.69, 9.17) is 0 Å². The Morgan fingerprint density at radius 3 is 2.57 bits per heavy atom. The predicted octanol–water partition coefficient (Wildman–Crippen LogP) is 3.83. The largest absolute Gasteiger partial charge is 0.294 e. The molecule has 0 saturated heterocycles. The maximum absolute atomic E-state index is 11.3. The van der Waals surface area contributed by atoms with Gasteiger partial charge in [-0.25, -0.2) is 0 Å². The van der Waals surface area contributed by atoms with E-state index in [1.54, 1.807) is 18.3 Å². The molecule has 0 aliphatic rings. The van der Waals surface area contributed by atoms with E-state index in [-0.39, 0.29) is 5.78 Å². The van der Waals surface area contributed by atoms with Crippen LogP contribution < -0.4 is 0 Å². The molecule has 0 spiro atoms. The zero-order chi connectivity index (χ0) is 10.8. The van der Waals surface area contributed by atoms with Gasteiger partial charge in [0.05, 0.1) is 4.88 Å². The van der Waals surface area contributed by atoms with Gasteiger partial charge in [0.25, 0.3) is 0 Å². The van der Waals surface area contributed by atoms with Crippen molar-refractivity contribution >= 4 is 25.2 Å². The minimum Gasteiger partial charge on any atom is -0.294 e. The highest BCUT2D eigenvalue weighted by atomic mass is 32.1. The quantitative estimate of drug-likeness (QED) is 0.563. The van der Waals surface area contributed by atoms with Crippen molar-refractivity contribution in [1.29, 1.82) is 0 Å². The number of rotatable bonds is 4. The first kappa shape index (κ1) is 11.7. The SMILES string of the molecule is CC(=O)c1sccc1CC[Si](C)(C)C. The van der Waals surface area contributed by atoms with Crippen molar-refractivity contribution in [2.75, 3.05) is 0 Å². The molecule has 0 aliphatic carbocycles. The minimum atomic E-state index is -0.978. The lowest BCUT2D eigenvalue weighted by Gasteiger charge is -2.15. The Balaban J connectivity index is 2.68. The summed E-state index contributed by atoms with van der Waals surface area (Å²) in [4.78, 5) is 12.2. The Bertz CT molecular complexity index is 322. The first-order chi connectivity index (χ1) is 6.40. The van der Waals surface area contributed by atoms with Crippen LogP contribution in [-0.4, -0.2) is 13.9 Å². The molecule has 0 N–H and O–H groups in total. The lowest BCUT2D eigenvalue weighted by molar-refractivity contribution is 0.102. The second kappa shape index (κ2) is 4.40. The van der Waals surface area contributed by atoms with Gasteiger partial charge >= 0.3 is 0 Å². The standard InChI is InChI=1S/C11H18OSSi/c1-9(12)11-10(5-7-13-11)6-8-14(2,3)4/h5,7H,6,8H2,1-4H3. The topological polar surface area (TPSA) is 17.1 Å². The Morgan fingerprint density at radius 1 is 1.43 bits per heavy atom. The van der Waals surface area contributed by atoms with Gasteiger partial charge in [0.15, 0.2) is 5.78 Å². The Morgan fingerprint density at radius 2 is 2.07 bits per heavy atom. The van der Waals surface area contributed by atoms with E-state index in [1.807, 2.05) is 5.38 Å². The van der Waals surface area contributed by atoms with Crippen LogP contribution in [0.5, 0.6) is 0 Å². The zero-order valence-electron chi connectivity index (χ0n) is 9.39. The van der Waals surface area contributed by atoms with E-state index >= 15 is 0 Å². The summed E-state index contributed by atoms with van der Waals surface area (Å²) in [5.74, 6) is 0.213. The summed E-state index contributed by atoms with van der Waals surface area (Å²) in [6, 6.07) is 3.37. The average Bonchev–Trinajstić information content (AvgIpc) is 2.46. The number of carbonyl (C=O) groups excluding carboxylic acids is 1. The number of aryl methyl sites for hydroxylation is 1. The van der Waals surface area contributed by atoms with Crippen LogP contribution in [0.3, 0.4) is 0 Å². The molecule has 14 heavy (non-hydrogen) atoms. The van der Waals surface area contributed by atoms with Gasteiger partial charge in [-0.15, -0.1) is 11.3 Å². The van der Waals surface area contributed by atoms with E-state index in [0.29, 0.717) is 0 Å². The number of thiophene rings is 1. The fourth-order valence-corrected chi connectivity index (χ4v) is 3.23. The molecule has 0 atom stereocenters. The molecule has 0 radical (unpaired) electrons. The normalized spacial score (nSPS) is 11.7. The van der Waals surface area contributed by atoms with E-state index in [2.05, 4.69) is 25.7 Å². The molecule has 1 aromatic rings. The molecule has 1 aromatic heterocycles. The molecule has 3 heteroatoms. The molecule has 1 heterocycles. The molecule has 78 valence electrons. The third-order valence-electron chi connectivity index (χ3n) is 2.21. The van der Waals surface area contributed by atoms with Gasteiger partial charge in [-0.2, -0.15) is 0 Å². The number of hydrogen-bond acceptors (Lipinski definition) is 2. The average molecular weight is 226 g/mol. The Labute approximate surface area is 91.2 Å². The van der Waals surface area contributed by atoms with Crippen molar-refractivity contribution in [1.82, 2.24) is 0 Å². The molecule has 0 bridgehead atoms. The number of ketones is 1. The van der Waals surface area contributed by atoms with Crippen molar-refractivity contribution in [2.45, 2.75) is 39.0 Å². The summed E-state index contributed by atoms with van der Waals surface area (Å²) in [6.07, 6.45) is 1.08. The van der Waals surface area contributed by atoms with Gasteiger partial charge < -0.3 is 0 Å². The fraction of sp³-hybridized carbons (Fsp3) is 0.545. The zero-order valence-corrected chi connectivity index (χ0v) is 11.2. The molecule has 0 saturated carbocycles. The summed E-state index contributed by atoms with van der Waals surface area (Å²) in [5, 5.41) is 2.02. The second-order valence-electron chi connectivity index (χ2n) is 4.89. The summed E-state index contributed by atoms with van der Waals surface area (Å²) < 4.78 is 0. The molecule has 1 nitrogen and oxygen atoms in total. The minimum absolute atomic E-state index is 0.213. The van der Waals surface area contributed by atoms with Crippen molar-refractivity contribution in [3.05, 3.63) is 21.9 Å². The van der Waals surface area contributed by atoms with Crippen molar-refractivity contribution in [2.24, 2.45) is 0 Å². The van der Waals surface area contributed by atoms with Crippen LogP contribution in [-0.2, 0) is 6.42 Å². The first-order valence-electron chi connectivity index (χ1n) is 4.97. The van der Waals surface area contributed by atoms with Crippen LogP contribution in [0.25, 0.3) is 0 Å². The van der Waals surface area contributed by atoms with Crippen LogP contribution in [0.15, 0.2) is 11.4 Å². The Kier molecular flexibility index (Phi) is 3.67. The molecular weight excluding hydrogens is 208 g/mol. The molecule has 0 fully saturated rings. The molecule has 0 aromatic carbocycles. The first-order valence-corrected chi connectivity index (χ1v) is 9.56. The highest BCUT2D eigenvalue weighted by Gasteiger charge is 2.15. The molecule has 1 rings (SSSR count). The van der Waals surface area contributed by atoms with Gasteiger partial charge in [0.1, 0.15) is 0 Å². The molecular formula is C11H18OSSi. The maximum Gasteiger partial charge on any atom is 0.169 e. The monoisotopic (exact) mass is 226 g/mol. The predicted molar refractivity (Wildman–Crippen MR) is 66.2 cm³/mol. The summed E-state index contributed by atoms with van der Waals surface area (Å²) in [6.45, 7) is 8.76. The smallest absolute Gasteiger partial charge is 0.169 e. The molecule has 0 amide bonds. The molecule has 0 aliphatic heterocycles. The second-order valence-corrected chi connectivity index (χ2v) is 11.4. The number of Topliss-reactive ketones (excluding diaryl/α,β-unsaturated/α-hetero) is 1. The third kappa shape index (κ3) is 3.39. The maximum atomic E-state index is 11.3. The summed E-state index contributed by atoms with van der Waals surface area (Å²) >= 11 is 1.57. The van der Waals surface area contributed by atoms with E-state index < -0.39 is 8.07 Å². The van der Waals surface area contributed by atoms with Gasteiger partial charge in [0, 0.05) is 8.07 Å². The summed E-state index contributed by atoms with van der Waals surface area (Å²) in [7, 11) is -0.978. The van der Waals surface area contributed by atoms with Crippen molar-refractivity contribution in [3.8, 4) is 0 Å². The van der Waals surface area contributed by atoms with Gasteiger partial charge in [0.2, 0.25) is 0 Å². The van der Waals surface area contributed by atoms with Crippen molar-refractivity contribution < 1.29 is 4.79 Å². The van der Waals surface area contributed by atoms with Crippen LogP contribution >= 0.6 is 11.3 Å². The van der Waals surface area contributed by atoms with Gasteiger partial charge in [-0.1, -0.05) is 25.7 Å². The van der Waals surface area contributed by atoms with Crippen LogP contribution in [0, 0.1) is 0 Å². The van der Waals surface area contributed by atoms with Gasteiger partial charge in [-0.3, -0.25) is 4.79 Å². The van der Waals surface area contributed by atoms with Crippen LogP contribution in [0.2, 0.25) is 25.7 Å². The van der Waals surface area contributed by atoms with E-state index in [0.717, 1.165) is 11.3 Å². The highest BCUT2D eigenvalue weighted by Crippen LogP contribution is 2.21. The Hall–Kier alpha value is -0.413.